The van der Waals surface area contributed by atoms with E-state index in [0.717, 1.165) is 12.0 Å². The van der Waals surface area contributed by atoms with Gasteiger partial charge in [-0.25, -0.2) is 4.39 Å². The van der Waals surface area contributed by atoms with E-state index in [2.05, 4.69) is 5.32 Å². The molecule has 1 N–H and O–H groups in total. The van der Waals surface area contributed by atoms with Crippen LogP contribution < -0.4 is 14.8 Å². The summed E-state index contributed by atoms with van der Waals surface area (Å²) in [6.45, 7) is 3.04. The van der Waals surface area contributed by atoms with Crippen LogP contribution in [-0.2, 0) is 17.8 Å². The third-order valence-corrected chi connectivity index (χ3v) is 3.43. The molecule has 0 aromatic heterocycles. The third-order valence-electron chi connectivity index (χ3n) is 3.43. The minimum atomic E-state index is -0.340. The van der Waals surface area contributed by atoms with Crippen molar-refractivity contribution >= 4 is 5.91 Å². The third kappa shape index (κ3) is 5.26. The van der Waals surface area contributed by atoms with Gasteiger partial charge in [0.15, 0.2) is 11.5 Å². The average Bonchev–Trinajstić information content (AvgIpc) is 2.58. The van der Waals surface area contributed by atoms with E-state index in [1.54, 1.807) is 19.2 Å². The van der Waals surface area contributed by atoms with Crippen molar-refractivity contribution in [3.63, 3.8) is 0 Å². The summed E-state index contributed by atoms with van der Waals surface area (Å²) in [4.78, 5) is 12.0. The number of nitrogens with one attached hydrogen (secondary N) is 1. The van der Waals surface area contributed by atoms with Crippen LogP contribution in [0.2, 0.25) is 0 Å². The fourth-order valence-electron chi connectivity index (χ4n) is 2.25. The van der Waals surface area contributed by atoms with Gasteiger partial charge in [-0.3, -0.25) is 4.79 Å². The molecule has 128 valence electrons. The number of hydrogen-bond acceptors (Lipinski definition) is 3. The van der Waals surface area contributed by atoms with Crippen molar-refractivity contribution in [2.24, 2.45) is 0 Å². The number of amides is 1. The molecular weight excluding hydrogens is 309 g/mol. The second kappa shape index (κ2) is 8.91. The molecule has 0 atom stereocenters. The van der Waals surface area contributed by atoms with Crippen LogP contribution in [0.25, 0.3) is 0 Å². The number of ether oxygens (including phenoxy) is 2. The molecule has 0 saturated heterocycles. The summed E-state index contributed by atoms with van der Waals surface area (Å²) in [7, 11) is 1.58. The van der Waals surface area contributed by atoms with E-state index >= 15 is 0 Å². The molecule has 0 fully saturated rings. The van der Waals surface area contributed by atoms with Gasteiger partial charge in [-0.2, -0.15) is 0 Å². The molecular formula is C19H22FNO3. The molecule has 24 heavy (non-hydrogen) atoms. The van der Waals surface area contributed by atoms with Gasteiger partial charge in [0.25, 0.3) is 0 Å². The fraction of sp³-hybridized carbons (Fsp3) is 0.316. The molecule has 0 bridgehead atoms. The molecule has 2 aromatic rings. The highest BCUT2D eigenvalue weighted by atomic mass is 19.1. The monoisotopic (exact) mass is 331 g/mol. The number of halogens is 1. The van der Waals surface area contributed by atoms with E-state index in [0.29, 0.717) is 30.2 Å². The zero-order valence-corrected chi connectivity index (χ0v) is 14.0. The van der Waals surface area contributed by atoms with Crippen LogP contribution in [0.5, 0.6) is 11.5 Å². The van der Waals surface area contributed by atoms with Crippen LogP contribution in [0, 0.1) is 5.82 Å². The normalized spacial score (nSPS) is 10.3. The van der Waals surface area contributed by atoms with E-state index in [4.69, 9.17) is 9.47 Å². The van der Waals surface area contributed by atoms with Crippen LogP contribution in [0.15, 0.2) is 42.5 Å². The summed E-state index contributed by atoms with van der Waals surface area (Å²) in [6.07, 6.45) is 1.06. The Bertz CT molecular complexity index is 688. The summed E-state index contributed by atoms with van der Waals surface area (Å²) in [5.74, 6) is 0.827. The van der Waals surface area contributed by atoms with Gasteiger partial charge in [-0.1, -0.05) is 25.1 Å². The molecule has 1 amide bonds. The van der Waals surface area contributed by atoms with Gasteiger partial charge in [0.05, 0.1) is 20.1 Å². The maximum atomic E-state index is 13.1. The lowest BCUT2D eigenvalue weighted by molar-refractivity contribution is -0.120. The largest absolute Gasteiger partial charge is 0.493 e. The SMILES string of the molecule is CCCOc1ccc(CNC(=O)Cc2cccc(F)c2)cc1OC. The minimum Gasteiger partial charge on any atom is -0.493 e. The highest BCUT2D eigenvalue weighted by Crippen LogP contribution is 2.28. The maximum Gasteiger partial charge on any atom is 0.224 e. The van der Waals surface area contributed by atoms with Crippen molar-refractivity contribution in [3.8, 4) is 11.5 Å². The summed E-state index contributed by atoms with van der Waals surface area (Å²) in [6, 6.07) is 11.6. The van der Waals surface area contributed by atoms with E-state index in [1.807, 2.05) is 25.1 Å². The Morgan fingerprint density at radius 3 is 2.67 bits per heavy atom. The number of carbonyl (C=O) groups excluding carboxylic acids is 1. The summed E-state index contributed by atoms with van der Waals surface area (Å²) >= 11 is 0. The zero-order valence-electron chi connectivity index (χ0n) is 14.0. The van der Waals surface area contributed by atoms with Gasteiger partial charge in [-0.05, 0) is 41.8 Å². The summed E-state index contributed by atoms with van der Waals surface area (Å²) in [5, 5.41) is 2.82. The molecule has 2 aromatic carbocycles. The van der Waals surface area contributed by atoms with Gasteiger partial charge in [0.1, 0.15) is 5.82 Å². The van der Waals surface area contributed by atoms with E-state index in [9.17, 15) is 9.18 Å². The predicted octanol–water partition coefficient (Wildman–Crippen LogP) is 3.48. The standard InChI is InChI=1S/C19H22FNO3/c1-3-9-24-17-8-7-15(11-18(17)23-2)13-21-19(22)12-14-5-4-6-16(20)10-14/h4-8,10-11H,3,9,12-13H2,1-2H3,(H,21,22). The number of rotatable bonds is 8. The maximum absolute atomic E-state index is 13.1. The smallest absolute Gasteiger partial charge is 0.224 e. The number of hydrogen-bond donors (Lipinski definition) is 1. The van der Waals surface area contributed by atoms with E-state index < -0.39 is 0 Å². The van der Waals surface area contributed by atoms with Crippen molar-refractivity contribution in [3.05, 3.63) is 59.4 Å². The minimum absolute atomic E-state index is 0.145. The quantitative estimate of drug-likeness (QED) is 0.805. The lowest BCUT2D eigenvalue weighted by Crippen LogP contribution is -2.24. The van der Waals surface area contributed by atoms with Crippen molar-refractivity contribution in [1.82, 2.24) is 5.32 Å². The summed E-state index contributed by atoms with van der Waals surface area (Å²) in [5.41, 5.74) is 1.55. The van der Waals surface area contributed by atoms with Gasteiger partial charge < -0.3 is 14.8 Å². The van der Waals surface area contributed by atoms with Crippen molar-refractivity contribution in [1.29, 1.82) is 0 Å². The molecule has 4 nitrogen and oxygen atoms in total. The molecule has 0 aliphatic carbocycles. The Kier molecular flexibility index (Phi) is 6.61. The first kappa shape index (κ1) is 17.8. The zero-order chi connectivity index (χ0) is 17.4. The lowest BCUT2D eigenvalue weighted by Gasteiger charge is -2.12. The molecule has 2 rings (SSSR count). The molecule has 0 spiro atoms. The van der Waals surface area contributed by atoms with Crippen LogP contribution in [-0.4, -0.2) is 19.6 Å². The Morgan fingerprint density at radius 1 is 1.12 bits per heavy atom. The Balaban J connectivity index is 1.92. The van der Waals surface area contributed by atoms with Gasteiger partial charge in [-0.15, -0.1) is 0 Å². The molecule has 0 aliphatic rings. The van der Waals surface area contributed by atoms with Crippen molar-refractivity contribution in [2.45, 2.75) is 26.3 Å². The second-order valence-corrected chi connectivity index (χ2v) is 5.42. The molecule has 0 aliphatic heterocycles. The van der Waals surface area contributed by atoms with Crippen LogP contribution >= 0.6 is 0 Å². The topological polar surface area (TPSA) is 47.6 Å². The Morgan fingerprint density at radius 2 is 1.96 bits per heavy atom. The Labute approximate surface area is 141 Å². The first-order chi connectivity index (χ1) is 11.6. The highest BCUT2D eigenvalue weighted by molar-refractivity contribution is 5.78. The first-order valence-corrected chi connectivity index (χ1v) is 7.93. The van der Waals surface area contributed by atoms with Gasteiger partial charge in [0, 0.05) is 6.54 Å². The molecule has 5 heteroatoms. The van der Waals surface area contributed by atoms with E-state index in [1.165, 1.54) is 12.1 Å². The van der Waals surface area contributed by atoms with Crippen LogP contribution in [0.3, 0.4) is 0 Å². The fourth-order valence-corrected chi connectivity index (χ4v) is 2.25. The van der Waals surface area contributed by atoms with Gasteiger partial charge in [0.2, 0.25) is 5.91 Å². The van der Waals surface area contributed by atoms with Crippen LogP contribution in [0.4, 0.5) is 4.39 Å². The predicted molar refractivity (Wildman–Crippen MR) is 90.7 cm³/mol. The Hall–Kier alpha value is -2.56. The van der Waals surface area contributed by atoms with E-state index in [-0.39, 0.29) is 18.1 Å². The van der Waals surface area contributed by atoms with Crippen LogP contribution in [0.1, 0.15) is 24.5 Å². The molecule has 0 heterocycles. The summed E-state index contributed by atoms with van der Waals surface area (Å²) < 4.78 is 24.0. The van der Waals surface area contributed by atoms with Gasteiger partial charge >= 0.3 is 0 Å². The molecule has 0 radical (unpaired) electrons. The first-order valence-electron chi connectivity index (χ1n) is 7.93. The van der Waals surface area contributed by atoms with Crippen molar-refractivity contribution < 1.29 is 18.7 Å². The van der Waals surface area contributed by atoms with Crippen molar-refractivity contribution in [2.75, 3.05) is 13.7 Å². The molecule has 0 unspecified atom stereocenters. The average molecular weight is 331 g/mol. The highest BCUT2D eigenvalue weighted by Gasteiger charge is 2.08. The lowest BCUT2D eigenvalue weighted by atomic mass is 10.1. The molecule has 0 saturated carbocycles. The number of benzene rings is 2. The second-order valence-electron chi connectivity index (χ2n) is 5.42. The number of carbonyl (C=O) groups is 1. The number of methoxy groups -OCH3 is 1.